The number of nitrogens with zero attached hydrogens (tertiary/aromatic N) is 2. The van der Waals surface area contributed by atoms with Gasteiger partial charge in [0.2, 0.25) is 17.7 Å². The number of aliphatic hydroxyl groups is 1. The fraction of sp³-hybridized carbons (Fsp3) is 0.407. The van der Waals surface area contributed by atoms with E-state index in [0.717, 1.165) is 59.4 Å². The minimum Gasteiger partial charge on any atom is -0.507 e. The molecule has 4 atom stereocenters. The van der Waals surface area contributed by atoms with Gasteiger partial charge in [0.15, 0.2) is 0 Å². The number of carbonyl (C=O) groups is 4. The molecule has 0 radical (unpaired) electrons. The van der Waals surface area contributed by atoms with Crippen LogP contribution in [0.2, 0.25) is 0 Å². The second kappa shape index (κ2) is 26.4. The number of nitrogens with one attached hydrogen (secondary N) is 3. The number of hydrogen-bond donors (Lipinski definition) is 5. The first-order chi connectivity index (χ1) is 33.2. The quantitative estimate of drug-likeness (QED) is 0.0361. The number of sulfonamides is 1. The van der Waals surface area contributed by atoms with Crippen molar-refractivity contribution in [2.45, 2.75) is 95.7 Å². The number of likely N-dealkylation sites (N-methyl/N-ethyl adjacent to an activating group) is 1. The van der Waals surface area contributed by atoms with E-state index in [9.17, 15) is 32.7 Å². The Bertz CT molecular complexity index is 2510. The van der Waals surface area contributed by atoms with Crippen LogP contribution in [0.3, 0.4) is 0 Å². The van der Waals surface area contributed by atoms with Crippen LogP contribution in [0.15, 0.2) is 132 Å². The summed E-state index contributed by atoms with van der Waals surface area (Å²) in [6.45, 7) is 13.7. The number of ether oxygens (including phenoxy) is 2. The maximum atomic E-state index is 12.9. The van der Waals surface area contributed by atoms with Crippen LogP contribution in [0.1, 0.15) is 82.9 Å². The van der Waals surface area contributed by atoms with Gasteiger partial charge < -0.3 is 40.7 Å². The van der Waals surface area contributed by atoms with Gasteiger partial charge in [-0.3, -0.25) is 19.1 Å². The summed E-state index contributed by atoms with van der Waals surface area (Å²) >= 11 is 0. The van der Waals surface area contributed by atoms with Gasteiger partial charge >= 0.3 is 6.09 Å². The number of aliphatic hydroxyl groups excluding tert-OH is 1. The first-order valence-corrected chi connectivity index (χ1v) is 25.1. The van der Waals surface area contributed by atoms with Crippen molar-refractivity contribution in [1.82, 2.24) is 25.2 Å². The van der Waals surface area contributed by atoms with Crippen molar-refractivity contribution >= 4 is 45.2 Å². The largest absolute Gasteiger partial charge is 0.507 e. The van der Waals surface area contributed by atoms with E-state index in [1.54, 1.807) is 58.2 Å². The fourth-order valence-electron chi connectivity index (χ4n) is 7.55. The molecular formula is C54H72N6O9S. The molecule has 2 saturated carbocycles. The fourth-order valence-corrected chi connectivity index (χ4v) is 8.77. The first-order valence-electron chi connectivity index (χ1n) is 23.6. The zero-order chi connectivity index (χ0) is 51.6. The van der Waals surface area contributed by atoms with Gasteiger partial charge in [0.1, 0.15) is 29.2 Å². The molecule has 6 rings (SSSR count). The van der Waals surface area contributed by atoms with Crippen LogP contribution in [0.4, 0.5) is 4.79 Å². The molecule has 16 heteroatoms. The Morgan fingerprint density at radius 3 is 2.21 bits per heavy atom. The van der Waals surface area contributed by atoms with E-state index in [4.69, 9.17) is 15.2 Å². The minimum absolute atomic E-state index is 0.148. The van der Waals surface area contributed by atoms with E-state index in [1.165, 1.54) is 16.5 Å². The van der Waals surface area contributed by atoms with E-state index >= 15 is 0 Å². The monoisotopic (exact) mass is 981 g/mol. The molecule has 1 aliphatic heterocycles. The molecule has 3 fully saturated rings. The summed E-state index contributed by atoms with van der Waals surface area (Å²) in [5.74, 6) is 0.334. The molecule has 3 aromatic carbocycles. The van der Waals surface area contributed by atoms with E-state index < -0.39 is 51.5 Å². The lowest BCUT2D eigenvalue weighted by atomic mass is 10.0. The molecular weight excluding hydrogens is 909 g/mol. The molecule has 6 N–H and O–H groups in total. The number of primary amides is 1. The van der Waals surface area contributed by atoms with Gasteiger partial charge in [0.05, 0.1) is 12.0 Å². The van der Waals surface area contributed by atoms with E-state index in [0.29, 0.717) is 42.7 Å². The zero-order valence-corrected chi connectivity index (χ0v) is 42.7. The molecule has 0 spiro atoms. The highest BCUT2D eigenvalue weighted by Crippen LogP contribution is 2.49. The molecule has 0 aromatic heterocycles. The molecule has 4 amide bonds. The maximum Gasteiger partial charge on any atom is 0.408 e. The Balaban J connectivity index is 0.000000233. The van der Waals surface area contributed by atoms with Gasteiger partial charge in [-0.1, -0.05) is 73.7 Å². The summed E-state index contributed by atoms with van der Waals surface area (Å²) in [6, 6.07) is 22.5. The molecule has 0 bridgehead atoms. The van der Waals surface area contributed by atoms with Crippen LogP contribution in [0.5, 0.6) is 5.75 Å². The van der Waals surface area contributed by atoms with Gasteiger partial charge in [0, 0.05) is 42.9 Å². The summed E-state index contributed by atoms with van der Waals surface area (Å²) in [4.78, 5) is 52.3. The van der Waals surface area contributed by atoms with Gasteiger partial charge in [-0.25, -0.2) is 13.2 Å². The maximum absolute atomic E-state index is 12.9. The van der Waals surface area contributed by atoms with E-state index in [2.05, 4.69) is 34.9 Å². The number of alkyl carbamates (subject to hydrolysis) is 1. The Morgan fingerprint density at radius 2 is 1.67 bits per heavy atom. The van der Waals surface area contributed by atoms with Gasteiger partial charge in [0.25, 0.3) is 10.0 Å². The average Bonchev–Trinajstić information content (AvgIpc) is 4.26. The normalized spacial score (nSPS) is 18.0. The topological polar surface area (TPSA) is 210 Å². The van der Waals surface area contributed by atoms with Crippen molar-refractivity contribution in [1.29, 1.82) is 0 Å². The molecule has 3 aromatic rings. The molecule has 2 aliphatic carbocycles. The standard InChI is InChI=1S/C20H22O2.C19H33N5O5.C15H17NO2S/c1-4-8-17(16-9-6-5-7-10-16)14-20(21)19-12-11-18(22-3)13-15(19)2;1-19(2,3)29-18(28)22-13(12-21-15(25)9-7-10-23(4)5)17(27)24-11-6-8-14(24)16(20)26;1-2-11-10-14(11)15(12-8-9-12)16-19(17,18)13-6-4-3-5-7-13/h5-14,21H,4H2,1-3H3;7,9,13-14H,6,8,10-12H2,1-5H3,(H2,20,26)(H,21,25)(H,22,28);2-7,11,14,16H,1,8-10H2/b17-8-,20-14+;9-7+;. The summed E-state index contributed by atoms with van der Waals surface area (Å²) in [7, 11) is 1.93. The molecule has 15 nitrogen and oxygen atoms in total. The minimum atomic E-state index is -3.44. The summed E-state index contributed by atoms with van der Waals surface area (Å²) in [5, 5.41) is 15.6. The third kappa shape index (κ3) is 18.0. The smallest absolute Gasteiger partial charge is 0.408 e. The highest BCUT2D eigenvalue weighted by atomic mass is 32.2. The number of rotatable bonds is 18. The van der Waals surface area contributed by atoms with Gasteiger partial charge in [-0.15, -0.1) is 6.58 Å². The molecule has 70 heavy (non-hydrogen) atoms. The van der Waals surface area contributed by atoms with Crippen molar-refractivity contribution in [3.8, 4) is 5.75 Å². The highest BCUT2D eigenvalue weighted by molar-refractivity contribution is 7.89. The lowest BCUT2D eigenvalue weighted by Gasteiger charge is -2.28. The predicted octanol–water partition coefficient (Wildman–Crippen LogP) is 7.82. The predicted molar refractivity (Wildman–Crippen MR) is 276 cm³/mol. The second-order valence-corrected chi connectivity index (χ2v) is 20.2. The molecule has 4 unspecified atom stereocenters. The third-order valence-corrected chi connectivity index (χ3v) is 12.7. The summed E-state index contributed by atoms with van der Waals surface area (Å²) in [6.07, 6.45) is 13.2. The number of hydrogen-bond acceptors (Lipinski definition) is 10. The number of benzene rings is 3. The zero-order valence-electron chi connectivity index (χ0n) is 41.9. The lowest BCUT2D eigenvalue weighted by molar-refractivity contribution is -0.139. The van der Waals surface area contributed by atoms with E-state index in [-0.39, 0.29) is 12.3 Å². The lowest BCUT2D eigenvalue weighted by Crippen LogP contribution is -2.56. The molecule has 1 saturated heterocycles. The van der Waals surface area contributed by atoms with Crippen molar-refractivity contribution in [2.75, 3.05) is 40.8 Å². The summed E-state index contributed by atoms with van der Waals surface area (Å²) in [5.41, 5.74) is 10.7. The van der Waals surface area contributed by atoms with Gasteiger partial charge in [-0.05, 0) is 145 Å². The number of amides is 4. The van der Waals surface area contributed by atoms with Gasteiger partial charge in [-0.2, -0.15) is 0 Å². The van der Waals surface area contributed by atoms with Crippen LogP contribution < -0.4 is 25.8 Å². The van der Waals surface area contributed by atoms with Crippen molar-refractivity contribution in [3.05, 3.63) is 144 Å². The van der Waals surface area contributed by atoms with Crippen molar-refractivity contribution in [3.63, 3.8) is 0 Å². The van der Waals surface area contributed by atoms with Crippen molar-refractivity contribution in [2.24, 2.45) is 17.6 Å². The van der Waals surface area contributed by atoms with Crippen LogP contribution in [-0.2, 0) is 29.1 Å². The Morgan fingerprint density at radius 1 is 1.01 bits per heavy atom. The van der Waals surface area contributed by atoms with Crippen molar-refractivity contribution < 1.29 is 42.2 Å². The van der Waals surface area contributed by atoms with Crippen LogP contribution >= 0.6 is 0 Å². The number of aryl methyl sites for hydroxylation is 1. The summed E-state index contributed by atoms with van der Waals surface area (Å²) < 4.78 is 37.9. The number of nitrogens with two attached hydrogens (primary N) is 1. The average molecular weight is 981 g/mol. The second-order valence-electron chi connectivity index (χ2n) is 18.5. The van der Waals surface area contributed by atoms with Crippen LogP contribution in [-0.4, -0.2) is 106 Å². The Hall–Kier alpha value is -6.65. The number of allylic oxidation sites excluding steroid dienone is 6. The number of likely N-dealkylation sites (tertiary alicyclic amines) is 1. The van der Waals surface area contributed by atoms with E-state index in [1.807, 2.05) is 92.7 Å². The molecule has 1 heterocycles. The number of methoxy groups -OCH3 is 1. The third-order valence-electron chi connectivity index (χ3n) is 11.3. The Kier molecular flexibility index (Phi) is 21.1. The number of carbonyl (C=O) groups excluding carboxylic acids is 4. The highest BCUT2D eigenvalue weighted by Gasteiger charge is 2.42. The first kappa shape index (κ1) is 55.9. The SMILES string of the molecule is C=CC1CC1C(NS(=O)(=O)c1ccccc1)=C1CC1.CC/C=C(/C=C(/O)c1ccc(OC)cc1C)c1ccccc1.CN(C)C/C=C/C(=O)NCC(NC(=O)OC(C)(C)C)C(=O)N1CCCC1C(N)=O. The molecule has 3 aliphatic rings. The molecule has 378 valence electrons. The van der Waals surface area contributed by atoms with Crippen LogP contribution in [0, 0.1) is 18.8 Å². The Labute approximate surface area is 414 Å². The van der Waals surface area contributed by atoms with Crippen LogP contribution in [0.25, 0.3) is 11.3 Å².